The number of hydrogen-bond acceptors (Lipinski definition) is 9. The Kier molecular flexibility index (Phi) is 6.12. The van der Waals surface area contributed by atoms with Gasteiger partial charge in [-0.25, -0.2) is 24.1 Å². The van der Waals surface area contributed by atoms with E-state index in [4.69, 9.17) is 9.98 Å². The van der Waals surface area contributed by atoms with E-state index in [0.717, 1.165) is 18.4 Å². The molecule has 6 rings (SSSR count). The highest BCUT2D eigenvalue weighted by atomic mass is 32.2. The molecular weight excluding hydrogens is 509 g/mol. The van der Waals surface area contributed by atoms with Crippen LogP contribution in [0.25, 0.3) is 22.9 Å². The Labute approximate surface area is 218 Å². The minimum Gasteiger partial charge on any atom is -0.493 e. The van der Waals surface area contributed by atoms with Crippen molar-refractivity contribution in [2.24, 2.45) is 4.99 Å². The Morgan fingerprint density at radius 1 is 1.24 bits per heavy atom. The maximum absolute atomic E-state index is 14.2. The van der Waals surface area contributed by atoms with Crippen LogP contribution >= 0.6 is 11.8 Å². The van der Waals surface area contributed by atoms with Crippen LogP contribution in [0.3, 0.4) is 0 Å². The van der Waals surface area contributed by atoms with Gasteiger partial charge in [0.1, 0.15) is 17.3 Å². The van der Waals surface area contributed by atoms with Crippen LogP contribution in [-0.4, -0.2) is 51.9 Å². The van der Waals surface area contributed by atoms with E-state index in [1.807, 2.05) is 12.3 Å². The number of fused-ring (bicyclic) bond motifs is 1. The second kappa shape index (κ2) is 9.74. The zero-order valence-corrected chi connectivity index (χ0v) is 21.0. The molecule has 0 bridgehead atoms. The van der Waals surface area contributed by atoms with Crippen LogP contribution in [0.1, 0.15) is 24.1 Å². The molecule has 11 nitrogen and oxygen atoms in total. The summed E-state index contributed by atoms with van der Waals surface area (Å²) >= 11 is 1.43. The van der Waals surface area contributed by atoms with Crippen LogP contribution in [0.4, 0.5) is 10.2 Å². The number of aromatic nitrogens is 7. The number of H-pyrrole nitrogens is 2. The Morgan fingerprint density at radius 3 is 2.76 bits per heavy atom. The van der Waals surface area contributed by atoms with Crippen LogP contribution < -0.4 is 21.7 Å². The van der Waals surface area contributed by atoms with Crippen molar-refractivity contribution in [3.8, 4) is 17.0 Å². The van der Waals surface area contributed by atoms with E-state index in [9.17, 15) is 14.3 Å². The highest BCUT2D eigenvalue weighted by Crippen LogP contribution is 2.26. The molecule has 5 aromatic rings. The first kappa shape index (κ1) is 23.9. The van der Waals surface area contributed by atoms with E-state index >= 15 is 0 Å². The van der Waals surface area contributed by atoms with E-state index in [1.54, 1.807) is 35.2 Å². The Morgan fingerprint density at radius 2 is 2.05 bits per heavy atom. The number of benzene rings is 1. The zero-order valence-electron chi connectivity index (χ0n) is 20.1. The van der Waals surface area contributed by atoms with Gasteiger partial charge in [0.05, 0.1) is 12.2 Å². The molecule has 4 N–H and O–H groups in total. The van der Waals surface area contributed by atoms with Crippen molar-refractivity contribution >= 4 is 29.3 Å². The van der Waals surface area contributed by atoms with Gasteiger partial charge in [0.25, 0.3) is 0 Å². The van der Waals surface area contributed by atoms with Gasteiger partial charge in [0, 0.05) is 35.8 Å². The lowest BCUT2D eigenvalue weighted by Gasteiger charge is -2.12. The molecule has 1 aliphatic carbocycles. The Hall–Kier alpha value is -4.52. The van der Waals surface area contributed by atoms with Gasteiger partial charge < -0.3 is 15.4 Å². The molecule has 4 heterocycles. The van der Waals surface area contributed by atoms with Gasteiger partial charge in [-0.2, -0.15) is 9.61 Å². The number of anilines is 1. The monoisotopic (exact) mass is 531 g/mol. The van der Waals surface area contributed by atoms with Crippen molar-refractivity contribution in [3.05, 3.63) is 81.1 Å². The van der Waals surface area contributed by atoms with Crippen LogP contribution in [0, 0.1) is 5.82 Å². The molecule has 0 aliphatic heterocycles. The summed E-state index contributed by atoms with van der Waals surface area (Å²) in [5.41, 5.74) is 3.05. The molecule has 0 atom stereocenters. The van der Waals surface area contributed by atoms with Crippen molar-refractivity contribution in [3.63, 3.8) is 0 Å². The third kappa shape index (κ3) is 4.87. The third-order valence-electron chi connectivity index (χ3n) is 6.03. The van der Waals surface area contributed by atoms with E-state index in [-0.39, 0.29) is 23.4 Å². The summed E-state index contributed by atoms with van der Waals surface area (Å²) in [6.45, 7) is 0.352. The summed E-state index contributed by atoms with van der Waals surface area (Å²) in [6, 6.07) is 6.65. The van der Waals surface area contributed by atoms with E-state index in [1.165, 1.54) is 23.9 Å². The predicted molar refractivity (Wildman–Crippen MR) is 140 cm³/mol. The first-order chi connectivity index (χ1) is 18.5. The zero-order chi connectivity index (χ0) is 26.2. The molecule has 0 amide bonds. The lowest BCUT2D eigenvalue weighted by atomic mass is 10.0. The molecule has 38 heavy (non-hydrogen) atoms. The molecule has 13 heteroatoms. The molecule has 192 valence electrons. The summed E-state index contributed by atoms with van der Waals surface area (Å²) in [5.74, 6) is -0.0822. The number of rotatable bonds is 7. The number of imidazole rings is 1. The summed E-state index contributed by atoms with van der Waals surface area (Å²) in [4.78, 5) is 34.5. The van der Waals surface area contributed by atoms with Gasteiger partial charge in [0.2, 0.25) is 5.88 Å². The van der Waals surface area contributed by atoms with Gasteiger partial charge in [-0.15, -0.1) is 0 Å². The first-order valence-corrected chi connectivity index (χ1v) is 13.0. The molecule has 1 aliphatic rings. The molecule has 0 saturated heterocycles. The van der Waals surface area contributed by atoms with Crippen LogP contribution in [0.2, 0.25) is 0 Å². The normalized spacial score (nSPS) is 14.5. The smallest absolute Gasteiger partial charge is 0.326 e. The number of aromatic amines is 2. The molecular formula is C25H22FN9O2S. The summed E-state index contributed by atoms with van der Waals surface area (Å²) in [7, 11) is 0. The summed E-state index contributed by atoms with van der Waals surface area (Å²) < 4.78 is 15.8. The van der Waals surface area contributed by atoms with Crippen LogP contribution in [-0.2, 0) is 6.54 Å². The van der Waals surface area contributed by atoms with Gasteiger partial charge >= 0.3 is 5.69 Å². The average molecular weight is 532 g/mol. The SMILES string of the molecule is CSc1ncc(-c2cc(F)ccc2CNc2cc(=NC3CC3)n3ncc(=Cc4[nH]c(=O)[nH]c4O)c3n2)cn1. The minimum atomic E-state index is -0.520. The number of nitrogens with one attached hydrogen (secondary N) is 3. The fraction of sp³-hybridized carbons (Fsp3) is 0.200. The van der Waals surface area contributed by atoms with Crippen LogP contribution in [0.15, 0.2) is 57.8 Å². The fourth-order valence-electron chi connectivity index (χ4n) is 4.00. The predicted octanol–water partition coefficient (Wildman–Crippen LogP) is 1.99. The second-order valence-corrected chi connectivity index (χ2v) is 9.57. The minimum absolute atomic E-state index is 0.219. The number of nitrogens with zero attached hydrogens (tertiary/aromatic N) is 6. The second-order valence-electron chi connectivity index (χ2n) is 8.79. The number of thioether (sulfide) groups is 1. The largest absolute Gasteiger partial charge is 0.493 e. The van der Waals surface area contributed by atoms with Gasteiger partial charge in [-0.05, 0) is 48.4 Å². The third-order valence-corrected chi connectivity index (χ3v) is 6.61. The number of aromatic hydroxyl groups is 1. The molecule has 0 unspecified atom stereocenters. The standard InChI is InChI=1S/C25H22FN9O2S/c1-38-25-28-10-15(11-29-25)18-7-16(26)3-2-13(18)9-27-20-8-21(31-17-4-5-17)35-22(33-20)14(12-30-35)6-19-23(36)34-24(37)32-19/h2-3,6-8,10-12,17,27,36H,4-5,9H2,1H3,(H2,32,34,37). The number of hydrogen-bond donors (Lipinski definition) is 4. The highest BCUT2D eigenvalue weighted by molar-refractivity contribution is 7.98. The first-order valence-electron chi connectivity index (χ1n) is 11.8. The topological polar surface area (TPSA) is 149 Å². The Balaban J connectivity index is 1.39. The van der Waals surface area contributed by atoms with Crippen LogP contribution in [0.5, 0.6) is 5.88 Å². The van der Waals surface area contributed by atoms with E-state index in [2.05, 4.69) is 30.4 Å². The molecule has 1 saturated carbocycles. The molecule has 1 aromatic carbocycles. The summed E-state index contributed by atoms with van der Waals surface area (Å²) in [6.07, 6.45) is 10.5. The van der Waals surface area contributed by atoms with Gasteiger partial charge in [-0.3, -0.25) is 9.98 Å². The lowest BCUT2D eigenvalue weighted by molar-refractivity contribution is 0.454. The molecule has 0 radical (unpaired) electrons. The molecule has 0 spiro atoms. The Bertz CT molecular complexity index is 1820. The summed E-state index contributed by atoms with van der Waals surface area (Å²) in [5, 5.41) is 19.0. The van der Waals surface area contributed by atoms with E-state index < -0.39 is 5.69 Å². The average Bonchev–Trinajstić information content (AvgIpc) is 3.55. The molecule has 4 aromatic heterocycles. The number of halogens is 1. The highest BCUT2D eigenvalue weighted by Gasteiger charge is 2.20. The van der Waals surface area contributed by atoms with Crippen molar-refractivity contribution in [2.45, 2.75) is 30.6 Å². The van der Waals surface area contributed by atoms with Crippen molar-refractivity contribution in [2.75, 3.05) is 11.6 Å². The van der Waals surface area contributed by atoms with Crippen molar-refractivity contribution in [1.29, 1.82) is 0 Å². The maximum Gasteiger partial charge on any atom is 0.326 e. The molecule has 1 fully saturated rings. The lowest BCUT2D eigenvalue weighted by Crippen LogP contribution is -2.20. The van der Waals surface area contributed by atoms with Crippen molar-refractivity contribution in [1.82, 2.24) is 34.5 Å². The van der Waals surface area contributed by atoms with Crippen molar-refractivity contribution < 1.29 is 9.50 Å². The fourth-order valence-corrected chi connectivity index (χ4v) is 4.32. The van der Waals surface area contributed by atoms with Gasteiger partial charge in [-0.1, -0.05) is 17.8 Å². The maximum atomic E-state index is 14.2. The quantitative estimate of drug-likeness (QED) is 0.184. The van der Waals surface area contributed by atoms with E-state index in [0.29, 0.717) is 45.0 Å². The van der Waals surface area contributed by atoms with Gasteiger partial charge in [0.15, 0.2) is 16.3 Å².